The van der Waals surface area contributed by atoms with E-state index in [0.29, 0.717) is 29.9 Å². The number of hydrogen-bond donors (Lipinski definition) is 0. The number of rotatable bonds is 8. The minimum Gasteiger partial charge on any atom is -0.477 e. The molecule has 0 saturated heterocycles. The van der Waals surface area contributed by atoms with Gasteiger partial charge in [-0.05, 0) is 26.8 Å². The average Bonchev–Trinajstić information content (AvgIpc) is 2.89. The zero-order valence-corrected chi connectivity index (χ0v) is 17.3. The zero-order chi connectivity index (χ0) is 20.1. The fourth-order valence-corrected chi connectivity index (χ4v) is 2.83. The molecule has 0 radical (unpaired) electrons. The standard InChI is InChI=1S/C18H22Cl2N2O5/c1-6-25-9-12-10(2)21-22(4)17(12)27-16-8-15(13(19)7-14(16)20)26-11(3)18(23)24-5/h7-8,11H,6,9H2,1-5H3/t11-/m0/s1. The Morgan fingerprint density at radius 2 is 1.93 bits per heavy atom. The van der Waals surface area contributed by atoms with Crippen LogP contribution in [0.2, 0.25) is 10.0 Å². The van der Waals surface area contributed by atoms with E-state index < -0.39 is 12.1 Å². The molecule has 0 N–H and O–H groups in total. The van der Waals surface area contributed by atoms with E-state index in [0.717, 1.165) is 11.3 Å². The van der Waals surface area contributed by atoms with Gasteiger partial charge in [0.15, 0.2) is 11.9 Å². The average molecular weight is 417 g/mol. The first-order valence-electron chi connectivity index (χ1n) is 8.30. The number of hydrogen-bond acceptors (Lipinski definition) is 6. The summed E-state index contributed by atoms with van der Waals surface area (Å²) in [6, 6.07) is 3.01. The Labute approximate surface area is 168 Å². The molecule has 0 aliphatic carbocycles. The normalized spacial score (nSPS) is 12.0. The summed E-state index contributed by atoms with van der Waals surface area (Å²) in [5.41, 5.74) is 1.61. The number of benzene rings is 1. The van der Waals surface area contributed by atoms with Crippen LogP contribution in [0.25, 0.3) is 0 Å². The fraction of sp³-hybridized carbons (Fsp3) is 0.444. The molecule has 148 valence electrons. The Bertz CT molecular complexity index is 823. The van der Waals surface area contributed by atoms with E-state index in [1.165, 1.54) is 19.2 Å². The van der Waals surface area contributed by atoms with Crippen LogP contribution in [0, 0.1) is 6.92 Å². The van der Waals surface area contributed by atoms with E-state index in [2.05, 4.69) is 9.84 Å². The van der Waals surface area contributed by atoms with Gasteiger partial charge >= 0.3 is 5.97 Å². The predicted octanol–water partition coefficient (Wildman–Crippen LogP) is 4.30. The molecule has 2 rings (SSSR count). The molecule has 0 bridgehead atoms. The third-order valence-electron chi connectivity index (χ3n) is 3.77. The van der Waals surface area contributed by atoms with Crippen LogP contribution in [0.1, 0.15) is 25.1 Å². The van der Waals surface area contributed by atoms with E-state index in [1.54, 1.807) is 18.7 Å². The maximum Gasteiger partial charge on any atom is 0.346 e. The highest BCUT2D eigenvalue weighted by atomic mass is 35.5. The van der Waals surface area contributed by atoms with Crippen molar-refractivity contribution in [2.75, 3.05) is 13.7 Å². The number of carbonyl (C=O) groups excluding carboxylic acids is 1. The first kappa shape index (κ1) is 21.3. The zero-order valence-electron chi connectivity index (χ0n) is 15.8. The molecule has 7 nitrogen and oxygen atoms in total. The van der Waals surface area contributed by atoms with Crippen LogP contribution in [0.3, 0.4) is 0 Å². The van der Waals surface area contributed by atoms with Crippen molar-refractivity contribution < 1.29 is 23.7 Å². The molecular formula is C18H22Cl2N2O5. The van der Waals surface area contributed by atoms with E-state index in [1.807, 2.05) is 13.8 Å². The highest BCUT2D eigenvalue weighted by Gasteiger charge is 2.21. The van der Waals surface area contributed by atoms with Crippen molar-refractivity contribution in [3.05, 3.63) is 33.4 Å². The van der Waals surface area contributed by atoms with Crippen molar-refractivity contribution in [2.24, 2.45) is 7.05 Å². The number of methoxy groups -OCH3 is 1. The maximum atomic E-state index is 11.6. The third-order valence-corrected chi connectivity index (χ3v) is 4.36. The highest BCUT2D eigenvalue weighted by molar-refractivity contribution is 6.36. The number of ether oxygens (including phenoxy) is 4. The number of halogens is 2. The van der Waals surface area contributed by atoms with Crippen molar-refractivity contribution in [3.8, 4) is 17.4 Å². The van der Waals surface area contributed by atoms with Crippen molar-refractivity contribution in [3.63, 3.8) is 0 Å². The third kappa shape index (κ3) is 5.06. The summed E-state index contributed by atoms with van der Waals surface area (Å²) in [6.07, 6.45) is -0.839. The summed E-state index contributed by atoms with van der Waals surface area (Å²) in [4.78, 5) is 11.6. The molecule has 0 aliphatic heterocycles. The van der Waals surface area contributed by atoms with Crippen LogP contribution in [-0.2, 0) is 27.9 Å². The van der Waals surface area contributed by atoms with Gasteiger partial charge in [-0.15, -0.1) is 0 Å². The lowest BCUT2D eigenvalue weighted by Crippen LogP contribution is -2.25. The van der Waals surface area contributed by atoms with Gasteiger partial charge in [0.1, 0.15) is 5.75 Å². The monoisotopic (exact) mass is 416 g/mol. The van der Waals surface area contributed by atoms with Crippen LogP contribution in [0.5, 0.6) is 17.4 Å². The molecule has 1 aromatic heterocycles. The van der Waals surface area contributed by atoms with Crippen LogP contribution in [0.4, 0.5) is 0 Å². The number of nitrogens with zero attached hydrogens (tertiary/aromatic N) is 2. The quantitative estimate of drug-likeness (QED) is 0.597. The lowest BCUT2D eigenvalue weighted by atomic mass is 10.2. The van der Waals surface area contributed by atoms with Crippen LogP contribution in [0.15, 0.2) is 12.1 Å². The minimum absolute atomic E-state index is 0.249. The predicted molar refractivity (Wildman–Crippen MR) is 102 cm³/mol. The van der Waals surface area contributed by atoms with Crippen LogP contribution < -0.4 is 9.47 Å². The first-order valence-corrected chi connectivity index (χ1v) is 9.05. The molecule has 1 atom stereocenters. The summed E-state index contributed by atoms with van der Waals surface area (Å²) in [6.45, 7) is 6.27. The molecule has 9 heteroatoms. The van der Waals surface area contributed by atoms with Gasteiger partial charge in [0.05, 0.1) is 35.0 Å². The second-order valence-electron chi connectivity index (χ2n) is 5.73. The SMILES string of the molecule is CCOCc1c(C)nn(C)c1Oc1cc(O[C@@H](C)C(=O)OC)c(Cl)cc1Cl. The Morgan fingerprint density at radius 3 is 2.56 bits per heavy atom. The van der Waals surface area contributed by atoms with Crippen LogP contribution in [-0.4, -0.2) is 35.6 Å². The topological polar surface area (TPSA) is 71.8 Å². The van der Waals surface area contributed by atoms with Crippen molar-refractivity contribution >= 4 is 29.2 Å². The van der Waals surface area contributed by atoms with Gasteiger partial charge < -0.3 is 18.9 Å². The van der Waals surface area contributed by atoms with Crippen molar-refractivity contribution in [2.45, 2.75) is 33.5 Å². The fourth-order valence-electron chi connectivity index (χ4n) is 2.37. The molecular weight excluding hydrogens is 395 g/mol. The van der Waals surface area contributed by atoms with Gasteiger partial charge in [-0.2, -0.15) is 5.10 Å². The van der Waals surface area contributed by atoms with E-state index in [-0.39, 0.29) is 10.8 Å². The smallest absolute Gasteiger partial charge is 0.346 e. The first-order chi connectivity index (χ1) is 12.8. The van der Waals surface area contributed by atoms with Gasteiger partial charge in [-0.25, -0.2) is 9.48 Å². The number of aromatic nitrogens is 2. The molecule has 1 heterocycles. The highest BCUT2D eigenvalue weighted by Crippen LogP contribution is 2.39. The maximum absolute atomic E-state index is 11.6. The van der Waals surface area contributed by atoms with Gasteiger partial charge in [0, 0.05) is 19.7 Å². The number of esters is 1. The van der Waals surface area contributed by atoms with Crippen LogP contribution >= 0.6 is 23.2 Å². The van der Waals surface area contributed by atoms with Gasteiger partial charge in [-0.1, -0.05) is 23.2 Å². The summed E-state index contributed by atoms with van der Waals surface area (Å²) in [5, 5.41) is 4.90. The van der Waals surface area contributed by atoms with Crippen molar-refractivity contribution in [1.29, 1.82) is 0 Å². The number of aryl methyl sites for hydroxylation is 2. The lowest BCUT2D eigenvalue weighted by molar-refractivity contribution is -0.147. The molecule has 1 aromatic carbocycles. The molecule has 27 heavy (non-hydrogen) atoms. The van der Waals surface area contributed by atoms with Gasteiger partial charge in [-0.3, -0.25) is 0 Å². The molecule has 2 aromatic rings. The van der Waals surface area contributed by atoms with E-state index in [9.17, 15) is 4.79 Å². The van der Waals surface area contributed by atoms with Gasteiger partial charge in [0.25, 0.3) is 0 Å². The van der Waals surface area contributed by atoms with E-state index >= 15 is 0 Å². The number of carbonyl (C=O) groups is 1. The second-order valence-corrected chi connectivity index (χ2v) is 6.54. The van der Waals surface area contributed by atoms with Gasteiger partial charge in [0.2, 0.25) is 5.88 Å². The Kier molecular flexibility index (Phi) is 7.35. The second kappa shape index (κ2) is 9.30. The summed E-state index contributed by atoms with van der Waals surface area (Å²) < 4.78 is 23.3. The molecule has 0 fully saturated rings. The largest absolute Gasteiger partial charge is 0.477 e. The Hall–Kier alpha value is -1.96. The lowest BCUT2D eigenvalue weighted by Gasteiger charge is -2.16. The molecule has 0 aliphatic rings. The minimum atomic E-state index is -0.839. The molecule has 0 saturated carbocycles. The van der Waals surface area contributed by atoms with E-state index in [4.69, 9.17) is 37.4 Å². The Morgan fingerprint density at radius 1 is 1.26 bits per heavy atom. The van der Waals surface area contributed by atoms with Crippen molar-refractivity contribution in [1.82, 2.24) is 9.78 Å². The molecule has 0 unspecified atom stereocenters. The summed E-state index contributed by atoms with van der Waals surface area (Å²) in [5.74, 6) is 0.537. The molecule has 0 amide bonds. The summed E-state index contributed by atoms with van der Waals surface area (Å²) >= 11 is 12.5. The molecule has 0 spiro atoms. The summed E-state index contributed by atoms with van der Waals surface area (Å²) in [7, 11) is 3.04. The Balaban J connectivity index is 2.34.